The monoisotopic (exact) mass is 680 g/mol. The fourth-order valence-electron chi connectivity index (χ4n) is 2.19. The molecular formula is C20H18F3IrN2O5S2-. The van der Waals surface area contributed by atoms with Gasteiger partial charge in [-0.25, -0.2) is 4.98 Å². The van der Waals surface area contributed by atoms with E-state index in [0.29, 0.717) is 34.1 Å². The molecule has 2 heterocycles. The van der Waals surface area contributed by atoms with Gasteiger partial charge in [-0.05, 0) is 34.7 Å². The number of hydrogen-bond acceptors (Lipinski definition) is 7. The molecule has 0 fully saturated rings. The summed E-state index contributed by atoms with van der Waals surface area (Å²) >= 11 is 0.477. The van der Waals surface area contributed by atoms with E-state index >= 15 is 0 Å². The second-order valence-electron chi connectivity index (χ2n) is 6.39. The molecule has 3 aromatic rings. The minimum atomic E-state index is -4.83. The topological polar surface area (TPSA) is 98.6 Å². The number of pyridine rings is 2. The Labute approximate surface area is 207 Å². The predicted octanol–water partition coefficient (Wildman–Crippen LogP) is 5.47. The summed E-state index contributed by atoms with van der Waals surface area (Å²) in [6.07, 6.45) is -1.84. The normalized spacial score (nSPS) is 11.4. The van der Waals surface area contributed by atoms with Crippen LogP contribution in [-0.2, 0) is 39.4 Å². The predicted molar refractivity (Wildman–Crippen MR) is 111 cm³/mol. The third-order valence-corrected chi connectivity index (χ3v) is 5.01. The summed E-state index contributed by atoms with van der Waals surface area (Å²) in [4.78, 5) is 11.4. The van der Waals surface area contributed by atoms with Gasteiger partial charge in [0.1, 0.15) is 0 Å². The van der Waals surface area contributed by atoms with Crippen molar-refractivity contribution in [2.24, 2.45) is 0 Å². The van der Waals surface area contributed by atoms with E-state index in [1.807, 2.05) is 12.1 Å². The smallest absolute Gasteiger partial charge is 0.305 e. The van der Waals surface area contributed by atoms with E-state index in [2.05, 4.69) is 39.1 Å². The largest absolute Gasteiger partial charge is 0.550 e. The summed E-state index contributed by atoms with van der Waals surface area (Å²) in [6, 6.07) is 15.9. The fraction of sp³-hybridized carbons (Fsp3) is 0.200. The zero-order chi connectivity index (χ0) is 23.8. The Morgan fingerprint density at radius 2 is 1.82 bits per heavy atom. The van der Waals surface area contributed by atoms with E-state index in [9.17, 15) is 21.6 Å². The Morgan fingerprint density at radius 3 is 2.36 bits per heavy atom. The Balaban J connectivity index is 0.000000417. The number of rotatable bonds is 6. The van der Waals surface area contributed by atoms with Crippen molar-refractivity contribution in [3.63, 3.8) is 0 Å². The molecular weight excluding hydrogens is 662 g/mol. The number of hydrogen-bond donors (Lipinski definition) is 1. The first-order valence-corrected chi connectivity index (χ1v) is 11.1. The molecule has 7 nitrogen and oxygen atoms in total. The molecule has 1 aromatic carbocycles. The number of benzene rings is 1. The van der Waals surface area contributed by atoms with Crippen LogP contribution < -0.4 is 0 Å². The average molecular weight is 680 g/mol. The molecule has 0 amide bonds. The quantitative estimate of drug-likeness (QED) is 0.120. The van der Waals surface area contributed by atoms with E-state index in [1.54, 1.807) is 30.5 Å². The van der Waals surface area contributed by atoms with Gasteiger partial charge in [0.2, 0.25) is 0 Å². The molecule has 1 N–H and O–H groups in total. The Kier molecular flexibility index (Phi) is 11.6. The summed E-state index contributed by atoms with van der Waals surface area (Å²) in [5.74, 6) is 0.350. The molecule has 0 unspecified atom stereocenters. The van der Waals surface area contributed by atoms with Crippen LogP contribution in [-0.4, -0.2) is 29.3 Å². The van der Waals surface area contributed by atoms with Crippen LogP contribution in [0.25, 0.3) is 11.3 Å². The molecule has 0 bridgehead atoms. The molecule has 1 radical (unpaired) electrons. The Morgan fingerprint density at radius 1 is 1.09 bits per heavy atom. The standard InChI is InChI=1S/C15H13F3NO2S.C5H5NO3S.Ir/c1-10(2)11-6-7-19-14(9-11)12-4-3-5-13(8-12)22-21-20-15(16,17)18;7-10(8,9)5-3-1-2-4-6-5;/h3,5-10H,1-2H3;1-4H,(H,7,8,9);/q-1;;. The van der Waals surface area contributed by atoms with Crippen LogP contribution in [0.4, 0.5) is 13.2 Å². The summed E-state index contributed by atoms with van der Waals surface area (Å²) < 4.78 is 68.7. The number of aromatic nitrogens is 2. The van der Waals surface area contributed by atoms with Crippen molar-refractivity contribution in [3.05, 3.63) is 72.6 Å². The first-order valence-electron chi connectivity index (χ1n) is 8.91. The van der Waals surface area contributed by atoms with Crippen LogP contribution in [0.2, 0.25) is 0 Å². The van der Waals surface area contributed by atoms with E-state index in [4.69, 9.17) is 4.55 Å². The van der Waals surface area contributed by atoms with Crippen molar-refractivity contribution in [1.29, 1.82) is 0 Å². The Hall–Kier alpha value is -1.86. The molecule has 3 rings (SSSR count). The fourth-order valence-corrected chi connectivity index (χ4v) is 3.12. The molecule has 0 aliphatic carbocycles. The zero-order valence-electron chi connectivity index (χ0n) is 17.1. The average Bonchev–Trinajstić information content (AvgIpc) is 2.74. The second kappa shape index (κ2) is 13.1. The van der Waals surface area contributed by atoms with Gasteiger partial charge in [0.15, 0.2) is 5.03 Å². The van der Waals surface area contributed by atoms with E-state index in [-0.39, 0.29) is 25.1 Å². The first-order chi connectivity index (χ1) is 15.0. The van der Waals surface area contributed by atoms with Gasteiger partial charge in [-0.15, -0.1) is 47.9 Å². The third kappa shape index (κ3) is 10.7. The van der Waals surface area contributed by atoms with E-state index < -0.39 is 16.5 Å². The second-order valence-corrected chi connectivity index (χ2v) is 8.53. The number of nitrogens with zero attached hydrogens (tertiary/aromatic N) is 2. The molecule has 0 aliphatic heterocycles. The number of alkyl halides is 3. The SMILES string of the molecule is CC(C)c1ccnc(-c2[c-]ccc(SOOC(F)(F)F)c2)c1.O=S(=O)(O)c1ccccn1.[Ir]. The van der Waals surface area contributed by atoms with Crippen molar-refractivity contribution >= 4 is 22.2 Å². The van der Waals surface area contributed by atoms with Gasteiger partial charge in [0, 0.05) is 44.5 Å². The minimum absolute atomic E-state index is 0. The van der Waals surface area contributed by atoms with Crippen LogP contribution in [0.15, 0.2) is 70.8 Å². The van der Waals surface area contributed by atoms with E-state index in [0.717, 1.165) is 5.56 Å². The zero-order valence-corrected chi connectivity index (χ0v) is 21.1. The molecule has 13 heteroatoms. The molecule has 0 saturated carbocycles. The first kappa shape index (κ1) is 29.2. The van der Waals surface area contributed by atoms with Crippen LogP contribution in [0, 0.1) is 6.07 Å². The van der Waals surface area contributed by atoms with Crippen molar-refractivity contribution < 1.29 is 55.5 Å². The molecule has 2 aromatic heterocycles. The molecule has 181 valence electrons. The molecule has 0 aliphatic rings. The van der Waals surface area contributed by atoms with Gasteiger partial charge in [-0.2, -0.15) is 12.8 Å². The van der Waals surface area contributed by atoms with Gasteiger partial charge in [0.05, 0.1) is 0 Å². The van der Waals surface area contributed by atoms with Gasteiger partial charge in [-0.3, -0.25) is 4.55 Å². The summed E-state index contributed by atoms with van der Waals surface area (Å²) in [7, 11) is -4.11. The van der Waals surface area contributed by atoms with Crippen molar-refractivity contribution in [1.82, 2.24) is 9.97 Å². The number of halogens is 3. The molecule has 0 atom stereocenters. The molecule has 0 saturated heterocycles. The van der Waals surface area contributed by atoms with Crippen molar-refractivity contribution in [2.75, 3.05) is 0 Å². The molecule has 0 spiro atoms. The van der Waals surface area contributed by atoms with Gasteiger partial charge in [0.25, 0.3) is 0 Å². The maximum Gasteiger partial charge on any atom is 0.550 e. The van der Waals surface area contributed by atoms with Crippen molar-refractivity contribution in [2.45, 2.75) is 36.0 Å². The third-order valence-electron chi connectivity index (χ3n) is 3.66. The van der Waals surface area contributed by atoms with Crippen LogP contribution >= 0.6 is 12.0 Å². The van der Waals surface area contributed by atoms with Crippen LogP contribution in [0.1, 0.15) is 25.3 Å². The van der Waals surface area contributed by atoms with E-state index in [1.165, 1.54) is 18.3 Å². The van der Waals surface area contributed by atoms with Gasteiger partial charge < -0.3 is 4.98 Å². The maximum atomic E-state index is 11.8. The maximum absolute atomic E-state index is 11.8. The van der Waals surface area contributed by atoms with Gasteiger partial charge >= 0.3 is 16.5 Å². The Bertz CT molecular complexity index is 1120. The summed E-state index contributed by atoms with van der Waals surface area (Å²) in [5, 5.41) is -0.324. The van der Waals surface area contributed by atoms with Gasteiger partial charge in [-0.1, -0.05) is 31.5 Å². The minimum Gasteiger partial charge on any atom is -0.305 e. The molecule has 33 heavy (non-hydrogen) atoms. The van der Waals surface area contributed by atoms with Crippen molar-refractivity contribution in [3.8, 4) is 11.3 Å². The van der Waals surface area contributed by atoms with Crippen LogP contribution in [0.3, 0.4) is 0 Å². The van der Waals surface area contributed by atoms with Crippen LogP contribution in [0.5, 0.6) is 0 Å². The summed E-state index contributed by atoms with van der Waals surface area (Å²) in [5.41, 5.74) is 2.49. The summed E-state index contributed by atoms with van der Waals surface area (Å²) in [6.45, 7) is 4.13.